The number of hydrogen-bond donors (Lipinski definition) is 2. The van der Waals surface area contributed by atoms with E-state index in [0.717, 1.165) is 0 Å². The third-order valence-corrected chi connectivity index (χ3v) is 1.87. The summed E-state index contributed by atoms with van der Waals surface area (Å²) in [6, 6.07) is 0. The summed E-state index contributed by atoms with van der Waals surface area (Å²) in [6.45, 7) is 0. The molecule has 0 amide bonds. The van der Waals surface area contributed by atoms with E-state index in [1.165, 1.54) is 0 Å². The average molecular weight is 238 g/mol. The molecule has 0 spiro atoms. The van der Waals surface area contributed by atoms with Gasteiger partial charge in [-0.25, -0.2) is 4.98 Å². The number of nitrogens with two attached hydrogens (primary N) is 1. The number of anilines is 1. The highest BCUT2D eigenvalue weighted by Crippen LogP contribution is 2.34. The summed E-state index contributed by atoms with van der Waals surface area (Å²) in [6.07, 6.45) is -4.58. The van der Waals surface area contributed by atoms with Crippen molar-refractivity contribution in [2.75, 3.05) is 5.73 Å². The fourth-order valence-electron chi connectivity index (χ4n) is 1.13. The van der Waals surface area contributed by atoms with Gasteiger partial charge in [0.1, 0.15) is 5.82 Å². The van der Waals surface area contributed by atoms with Crippen LogP contribution in [0, 0.1) is 0 Å². The maximum Gasteiger partial charge on any atom is 0.433 e. The standard InChI is InChI=1S/C6H3ClF3N5/c7-5-12-3(11)1-2(6(8,9)10)14-15-4(1)13-5/h(H3,11,12,13,14,15). The number of halogens is 4. The molecular formula is C6H3ClF3N5. The third-order valence-electron chi connectivity index (χ3n) is 1.70. The highest BCUT2D eigenvalue weighted by molar-refractivity contribution is 6.28. The zero-order valence-corrected chi connectivity index (χ0v) is 7.69. The number of H-pyrrole nitrogens is 1. The molecule has 2 aromatic rings. The lowest BCUT2D eigenvalue weighted by Crippen LogP contribution is -2.07. The van der Waals surface area contributed by atoms with Crippen molar-refractivity contribution in [2.24, 2.45) is 0 Å². The molecule has 80 valence electrons. The predicted molar refractivity (Wildman–Crippen MR) is 46.1 cm³/mol. The third kappa shape index (κ3) is 1.56. The van der Waals surface area contributed by atoms with E-state index in [4.69, 9.17) is 17.3 Å². The van der Waals surface area contributed by atoms with E-state index in [9.17, 15) is 13.2 Å². The monoisotopic (exact) mass is 237 g/mol. The van der Waals surface area contributed by atoms with E-state index in [0.29, 0.717) is 0 Å². The Balaban J connectivity index is 2.81. The molecule has 0 bridgehead atoms. The molecule has 0 radical (unpaired) electrons. The quantitative estimate of drug-likeness (QED) is 0.682. The molecule has 0 unspecified atom stereocenters. The maximum absolute atomic E-state index is 12.4. The van der Waals surface area contributed by atoms with Crippen molar-refractivity contribution in [2.45, 2.75) is 6.18 Å². The predicted octanol–water partition coefficient (Wildman–Crippen LogP) is 1.61. The van der Waals surface area contributed by atoms with Crippen LogP contribution in [0.2, 0.25) is 5.28 Å². The van der Waals surface area contributed by atoms with Gasteiger partial charge in [0.2, 0.25) is 5.28 Å². The van der Waals surface area contributed by atoms with Crippen molar-refractivity contribution in [1.82, 2.24) is 20.2 Å². The highest BCUT2D eigenvalue weighted by Gasteiger charge is 2.36. The number of fused-ring (bicyclic) bond motifs is 1. The van der Waals surface area contributed by atoms with Gasteiger partial charge in [0, 0.05) is 0 Å². The molecule has 0 aliphatic rings. The molecule has 0 aromatic carbocycles. The zero-order chi connectivity index (χ0) is 11.2. The van der Waals surface area contributed by atoms with Gasteiger partial charge in [-0.05, 0) is 11.6 Å². The number of rotatable bonds is 0. The Bertz CT molecular complexity index is 519. The van der Waals surface area contributed by atoms with Gasteiger partial charge >= 0.3 is 6.18 Å². The summed E-state index contributed by atoms with van der Waals surface area (Å²) >= 11 is 5.41. The molecule has 2 heterocycles. The lowest BCUT2D eigenvalue weighted by molar-refractivity contribution is -0.139. The normalized spacial score (nSPS) is 12.3. The molecule has 3 N–H and O–H groups in total. The molecular weight excluding hydrogens is 235 g/mol. The minimum Gasteiger partial charge on any atom is -0.383 e. The van der Waals surface area contributed by atoms with Crippen LogP contribution in [0.1, 0.15) is 5.69 Å². The second kappa shape index (κ2) is 2.96. The molecule has 2 rings (SSSR count). The van der Waals surface area contributed by atoms with Crippen LogP contribution in [0.5, 0.6) is 0 Å². The maximum atomic E-state index is 12.4. The number of aromatic amines is 1. The number of nitrogens with one attached hydrogen (secondary N) is 1. The lowest BCUT2D eigenvalue weighted by atomic mass is 10.3. The van der Waals surface area contributed by atoms with Gasteiger partial charge < -0.3 is 5.73 Å². The molecule has 0 saturated carbocycles. The fraction of sp³-hybridized carbons (Fsp3) is 0.167. The number of nitrogen functional groups attached to an aromatic ring is 1. The van der Waals surface area contributed by atoms with E-state index in [2.05, 4.69) is 15.1 Å². The number of aromatic nitrogens is 4. The van der Waals surface area contributed by atoms with Gasteiger partial charge in [0.15, 0.2) is 11.3 Å². The van der Waals surface area contributed by atoms with Crippen LogP contribution in [-0.4, -0.2) is 20.2 Å². The largest absolute Gasteiger partial charge is 0.433 e. The van der Waals surface area contributed by atoms with Crippen molar-refractivity contribution < 1.29 is 13.2 Å². The molecule has 15 heavy (non-hydrogen) atoms. The van der Waals surface area contributed by atoms with E-state index in [-0.39, 0.29) is 22.1 Å². The molecule has 0 saturated heterocycles. The van der Waals surface area contributed by atoms with Crippen molar-refractivity contribution in [3.05, 3.63) is 11.0 Å². The summed E-state index contributed by atoms with van der Waals surface area (Å²) in [5.41, 5.74) is 4.02. The van der Waals surface area contributed by atoms with E-state index < -0.39 is 11.9 Å². The van der Waals surface area contributed by atoms with Gasteiger partial charge in [-0.15, -0.1) is 0 Å². The topological polar surface area (TPSA) is 80.5 Å². The van der Waals surface area contributed by atoms with E-state index in [1.807, 2.05) is 0 Å². The van der Waals surface area contributed by atoms with Crippen LogP contribution in [0.15, 0.2) is 0 Å². The van der Waals surface area contributed by atoms with Gasteiger partial charge in [-0.1, -0.05) is 0 Å². The van der Waals surface area contributed by atoms with Crippen LogP contribution in [-0.2, 0) is 6.18 Å². The Morgan fingerprint density at radius 3 is 2.53 bits per heavy atom. The molecule has 5 nitrogen and oxygen atoms in total. The number of hydrogen-bond acceptors (Lipinski definition) is 4. The molecule has 0 atom stereocenters. The SMILES string of the molecule is Nc1nc(Cl)nc2n[nH]c(C(F)(F)F)c12. The van der Waals surface area contributed by atoms with Crippen LogP contribution < -0.4 is 5.73 Å². The van der Waals surface area contributed by atoms with Gasteiger partial charge in [0.25, 0.3) is 0 Å². The fourth-order valence-corrected chi connectivity index (χ4v) is 1.30. The average Bonchev–Trinajstić information content (AvgIpc) is 2.45. The van der Waals surface area contributed by atoms with Crippen molar-refractivity contribution in [3.63, 3.8) is 0 Å². The molecule has 0 aliphatic heterocycles. The second-order valence-corrected chi connectivity index (χ2v) is 3.01. The van der Waals surface area contributed by atoms with Crippen molar-refractivity contribution in [1.29, 1.82) is 0 Å². The summed E-state index contributed by atoms with van der Waals surface area (Å²) < 4.78 is 37.2. The molecule has 0 fully saturated rings. The molecule has 9 heteroatoms. The van der Waals surface area contributed by atoms with Crippen LogP contribution >= 0.6 is 11.6 Å². The van der Waals surface area contributed by atoms with Gasteiger partial charge in [-0.2, -0.15) is 23.3 Å². The van der Waals surface area contributed by atoms with Crippen LogP contribution in [0.25, 0.3) is 11.0 Å². The Morgan fingerprint density at radius 2 is 1.93 bits per heavy atom. The summed E-state index contributed by atoms with van der Waals surface area (Å²) in [5.74, 6) is -0.355. The summed E-state index contributed by atoms with van der Waals surface area (Å²) in [7, 11) is 0. The lowest BCUT2D eigenvalue weighted by Gasteiger charge is -2.03. The Morgan fingerprint density at radius 1 is 1.27 bits per heavy atom. The Labute approximate surface area is 85.5 Å². The van der Waals surface area contributed by atoms with E-state index in [1.54, 1.807) is 5.10 Å². The van der Waals surface area contributed by atoms with Crippen molar-refractivity contribution >= 4 is 28.5 Å². The summed E-state index contributed by atoms with van der Waals surface area (Å²) in [5, 5.41) is 4.53. The number of nitrogens with zero attached hydrogens (tertiary/aromatic N) is 3. The number of alkyl halides is 3. The summed E-state index contributed by atoms with van der Waals surface area (Å²) in [4.78, 5) is 6.92. The van der Waals surface area contributed by atoms with Gasteiger partial charge in [0.05, 0.1) is 5.39 Å². The van der Waals surface area contributed by atoms with Crippen molar-refractivity contribution in [3.8, 4) is 0 Å². The second-order valence-electron chi connectivity index (χ2n) is 2.67. The van der Waals surface area contributed by atoms with Gasteiger partial charge in [-0.3, -0.25) is 5.10 Å². The first kappa shape index (κ1) is 9.97. The Kier molecular flexibility index (Phi) is 1.97. The Hall–Kier alpha value is -1.57. The van der Waals surface area contributed by atoms with E-state index >= 15 is 0 Å². The minimum atomic E-state index is -4.58. The highest BCUT2D eigenvalue weighted by atomic mass is 35.5. The first-order valence-corrected chi connectivity index (χ1v) is 4.01. The zero-order valence-electron chi connectivity index (χ0n) is 6.93. The molecule has 2 aromatic heterocycles. The first-order valence-electron chi connectivity index (χ1n) is 3.64. The molecule has 0 aliphatic carbocycles. The smallest absolute Gasteiger partial charge is 0.383 e. The minimum absolute atomic E-state index is 0.208. The van der Waals surface area contributed by atoms with Crippen LogP contribution in [0.3, 0.4) is 0 Å². The van der Waals surface area contributed by atoms with Crippen LogP contribution in [0.4, 0.5) is 19.0 Å². The first-order chi connectivity index (χ1) is 6.89.